The summed E-state index contributed by atoms with van der Waals surface area (Å²) < 4.78 is 0. The topological polar surface area (TPSA) is 77.5 Å². The van der Waals surface area contributed by atoms with Crippen LogP contribution in [0.1, 0.15) is 54.6 Å². The van der Waals surface area contributed by atoms with Crippen LogP contribution in [-0.4, -0.2) is 35.6 Å². The van der Waals surface area contributed by atoms with Gasteiger partial charge >= 0.3 is 29.6 Å². The van der Waals surface area contributed by atoms with E-state index in [1.807, 2.05) is 0 Å². The van der Waals surface area contributed by atoms with Gasteiger partial charge in [-0.05, 0) is 38.0 Å². The molecule has 128 valence electrons. The third-order valence-corrected chi connectivity index (χ3v) is 3.92. The minimum atomic E-state index is -0.513. The minimum absolute atomic E-state index is 0. The fraction of sp³-hybridized carbons (Fsp3) is 0.421. The van der Waals surface area contributed by atoms with E-state index < -0.39 is 12.5 Å². The first-order chi connectivity index (χ1) is 11.5. The van der Waals surface area contributed by atoms with Crippen LogP contribution in [0.5, 0.6) is 0 Å². The van der Waals surface area contributed by atoms with Crippen molar-refractivity contribution in [3.05, 3.63) is 34.9 Å². The monoisotopic (exact) mass is 351 g/mol. The summed E-state index contributed by atoms with van der Waals surface area (Å²) >= 11 is 0. The van der Waals surface area contributed by atoms with Crippen LogP contribution in [0.3, 0.4) is 0 Å². The summed E-state index contributed by atoms with van der Waals surface area (Å²) in [5.74, 6) is 4.84. The summed E-state index contributed by atoms with van der Waals surface area (Å²) in [6, 6.07) is 4.65. The van der Waals surface area contributed by atoms with Gasteiger partial charge in [0.25, 0.3) is 5.91 Å². The Hall–Kier alpha value is -1.45. The number of hydrogen-bond donors (Lipinski definition) is 0. The van der Waals surface area contributed by atoms with Crippen molar-refractivity contribution in [1.29, 1.82) is 0 Å². The van der Waals surface area contributed by atoms with Crippen molar-refractivity contribution >= 4 is 18.1 Å². The molecule has 0 aromatic heterocycles. The standard InChI is InChI=1S/C19H22NO4.Na/c1-4-17(23)11-10-14(2)20(13-22)19(24)18-9-5-7-16(15(18)3)8-6-12-21;/h5,7,9,13-14H,4,10-12H2,1-3H3;/q-1;+1. The Morgan fingerprint density at radius 1 is 1.36 bits per heavy atom. The Labute approximate surface area is 171 Å². The van der Waals surface area contributed by atoms with E-state index in [0.29, 0.717) is 42.4 Å². The van der Waals surface area contributed by atoms with Crippen LogP contribution in [-0.2, 0) is 9.59 Å². The van der Waals surface area contributed by atoms with Crippen molar-refractivity contribution in [2.45, 2.75) is 46.1 Å². The fourth-order valence-electron chi connectivity index (χ4n) is 2.31. The van der Waals surface area contributed by atoms with Gasteiger partial charge in [0.05, 0.1) is 0 Å². The van der Waals surface area contributed by atoms with E-state index in [2.05, 4.69) is 11.8 Å². The average Bonchev–Trinajstić information content (AvgIpc) is 2.59. The number of benzene rings is 1. The molecule has 0 aliphatic carbocycles. The van der Waals surface area contributed by atoms with Gasteiger partial charge in [0.1, 0.15) is 5.78 Å². The van der Waals surface area contributed by atoms with Gasteiger partial charge in [0.2, 0.25) is 6.41 Å². The molecule has 0 aliphatic rings. The summed E-state index contributed by atoms with van der Waals surface area (Å²) in [5, 5.41) is 10.5. The van der Waals surface area contributed by atoms with Gasteiger partial charge in [-0.3, -0.25) is 19.3 Å². The largest absolute Gasteiger partial charge is 1.00 e. The Bertz CT molecular complexity index is 676. The van der Waals surface area contributed by atoms with Crippen LogP contribution in [0, 0.1) is 18.8 Å². The maximum absolute atomic E-state index is 12.7. The summed E-state index contributed by atoms with van der Waals surface area (Å²) in [7, 11) is 0. The van der Waals surface area contributed by atoms with E-state index in [0.717, 1.165) is 4.90 Å². The average molecular weight is 351 g/mol. The predicted octanol–water partition coefficient (Wildman–Crippen LogP) is -1.54. The van der Waals surface area contributed by atoms with E-state index in [1.165, 1.54) is 0 Å². The molecule has 0 heterocycles. The van der Waals surface area contributed by atoms with E-state index in [9.17, 15) is 19.5 Å². The van der Waals surface area contributed by atoms with Gasteiger partial charge < -0.3 is 5.11 Å². The molecule has 1 atom stereocenters. The van der Waals surface area contributed by atoms with Crippen molar-refractivity contribution in [3.8, 4) is 11.8 Å². The van der Waals surface area contributed by atoms with Crippen molar-refractivity contribution in [2.75, 3.05) is 6.61 Å². The van der Waals surface area contributed by atoms with Crippen molar-refractivity contribution in [3.63, 3.8) is 0 Å². The molecule has 0 spiro atoms. The molecule has 0 bridgehead atoms. The first-order valence-electron chi connectivity index (χ1n) is 7.92. The molecule has 0 saturated heterocycles. The van der Waals surface area contributed by atoms with Crippen molar-refractivity contribution < 1.29 is 49.0 Å². The summed E-state index contributed by atoms with van der Waals surface area (Å²) in [4.78, 5) is 36.6. The summed E-state index contributed by atoms with van der Waals surface area (Å²) in [6.07, 6.45) is 1.72. The molecule has 0 radical (unpaired) electrons. The molecular weight excluding hydrogens is 329 g/mol. The molecule has 0 aliphatic heterocycles. The molecular formula is C19H22NNaO4. The second-order valence-corrected chi connectivity index (χ2v) is 5.52. The van der Waals surface area contributed by atoms with Gasteiger partial charge in [0, 0.05) is 30.0 Å². The Morgan fingerprint density at radius 3 is 2.60 bits per heavy atom. The SMILES string of the molecule is CCC(=O)CCC(C)N(C=O)C(=O)c1cccc(C#CC[O-])c1C.[Na+]. The minimum Gasteiger partial charge on any atom is -0.845 e. The van der Waals surface area contributed by atoms with Gasteiger partial charge in [0.15, 0.2) is 0 Å². The van der Waals surface area contributed by atoms with Gasteiger partial charge in [-0.1, -0.05) is 25.5 Å². The molecule has 1 aromatic rings. The van der Waals surface area contributed by atoms with E-state index >= 15 is 0 Å². The number of ketones is 1. The van der Waals surface area contributed by atoms with Crippen LogP contribution in [0.25, 0.3) is 0 Å². The maximum atomic E-state index is 12.7. The fourth-order valence-corrected chi connectivity index (χ4v) is 2.31. The van der Waals surface area contributed by atoms with Crippen LogP contribution in [0.4, 0.5) is 0 Å². The Kier molecular flexibility index (Phi) is 11.3. The number of nitrogens with zero attached hydrogens (tertiary/aromatic N) is 1. The molecule has 2 amide bonds. The van der Waals surface area contributed by atoms with Gasteiger partial charge in [-0.15, -0.1) is 5.92 Å². The van der Waals surface area contributed by atoms with Crippen molar-refractivity contribution in [1.82, 2.24) is 4.90 Å². The Balaban J connectivity index is 0.00000576. The molecule has 1 rings (SSSR count). The van der Waals surface area contributed by atoms with Crippen LogP contribution >= 0.6 is 0 Å². The van der Waals surface area contributed by atoms with Crippen LogP contribution in [0.15, 0.2) is 18.2 Å². The number of carbonyl (C=O) groups excluding carboxylic acids is 3. The third-order valence-electron chi connectivity index (χ3n) is 3.92. The number of carbonyl (C=O) groups is 3. The number of hydrogen-bond acceptors (Lipinski definition) is 4. The van der Waals surface area contributed by atoms with E-state index in [4.69, 9.17) is 0 Å². The number of rotatable bonds is 7. The van der Waals surface area contributed by atoms with E-state index in [-0.39, 0.29) is 41.4 Å². The molecule has 1 aromatic carbocycles. The first-order valence-corrected chi connectivity index (χ1v) is 7.92. The predicted molar refractivity (Wildman–Crippen MR) is 89.2 cm³/mol. The Morgan fingerprint density at radius 2 is 2.04 bits per heavy atom. The molecule has 25 heavy (non-hydrogen) atoms. The number of Topliss-reactive ketones (excluding diaryl/α,β-unsaturated/α-hetero) is 1. The second kappa shape index (κ2) is 12.0. The molecule has 0 N–H and O–H groups in total. The smallest absolute Gasteiger partial charge is 0.845 e. The van der Waals surface area contributed by atoms with Crippen LogP contribution < -0.4 is 34.7 Å². The molecule has 6 heteroatoms. The first kappa shape index (κ1) is 23.5. The molecule has 5 nitrogen and oxygen atoms in total. The van der Waals surface area contributed by atoms with Crippen LogP contribution in [0.2, 0.25) is 0 Å². The quantitative estimate of drug-likeness (QED) is 0.339. The summed E-state index contributed by atoms with van der Waals surface area (Å²) in [5.41, 5.74) is 1.59. The zero-order valence-electron chi connectivity index (χ0n) is 15.3. The number of imide groups is 1. The second-order valence-electron chi connectivity index (χ2n) is 5.52. The number of amides is 2. The van der Waals surface area contributed by atoms with E-state index in [1.54, 1.807) is 39.0 Å². The maximum Gasteiger partial charge on any atom is 1.00 e. The molecule has 1 unspecified atom stereocenters. The zero-order valence-corrected chi connectivity index (χ0v) is 17.3. The molecule has 0 saturated carbocycles. The normalized spacial score (nSPS) is 10.7. The molecule has 0 fully saturated rings. The zero-order chi connectivity index (χ0) is 18.1. The third kappa shape index (κ3) is 6.75. The van der Waals surface area contributed by atoms with Gasteiger partial charge in [-0.25, -0.2) is 0 Å². The van der Waals surface area contributed by atoms with Crippen molar-refractivity contribution in [2.24, 2.45) is 0 Å². The summed E-state index contributed by atoms with van der Waals surface area (Å²) in [6.45, 7) is 4.75. The van der Waals surface area contributed by atoms with Gasteiger partial charge in [-0.2, -0.15) is 0 Å².